The van der Waals surface area contributed by atoms with Crippen molar-refractivity contribution in [2.75, 3.05) is 0 Å². The minimum atomic E-state index is -0.195. The zero-order valence-corrected chi connectivity index (χ0v) is 11.9. The molecule has 0 saturated carbocycles. The lowest BCUT2D eigenvalue weighted by molar-refractivity contribution is 0.0970. The fourth-order valence-corrected chi connectivity index (χ4v) is 2.47. The number of hydrogen-bond donors (Lipinski definition) is 1. The van der Waals surface area contributed by atoms with Gasteiger partial charge >= 0.3 is 0 Å². The lowest BCUT2D eigenvalue weighted by Crippen LogP contribution is -2.24. The molecule has 2 heterocycles. The molecule has 0 saturated heterocycles. The first-order valence-corrected chi connectivity index (χ1v) is 6.70. The summed E-state index contributed by atoms with van der Waals surface area (Å²) in [6, 6.07) is 8.92. The van der Waals surface area contributed by atoms with E-state index in [9.17, 15) is 9.59 Å². The number of nitrogens with zero attached hydrogens (tertiary/aromatic N) is 2. The molecule has 0 aliphatic carbocycles. The molecule has 5 nitrogen and oxygen atoms in total. The maximum Gasteiger partial charge on any atom is 0.261 e. The first-order valence-electron chi connectivity index (χ1n) is 6.70. The van der Waals surface area contributed by atoms with Crippen molar-refractivity contribution in [1.82, 2.24) is 14.5 Å². The number of Topliss-reactive ketones (excluding diaryl/α,β-unsaturated/α-hetero) is 1. The van der Waals surface area contributed by atoms with E-state index in [1.54, 1.807) is 24.3 Å². The Morgan fingerprint density at radius 3 is 2.76 bits per heavy atom. The van der Waals surface area contributed by atoms with Crippen molar-refractivity contribution in [2.24, 2.45) is 0 Å². The van der Waals surface area contributed by atoms with Crippen LogP contribution in [0, 0.1) is 13.8 Å². The maximum absolute atomic E-state index is 12.3. The minimum absolute atomic E-state index is 0.00516. The molecular formula is C16H15N3O2. The number of aromatic nitrogens is 3. The van der Waals surface area contributed by atoms with Crippen LogP contribution < -0.4 is 5.56 Å². The van der Waals surface area contributed by atoms with Crippen LogP contribution in [0.5, 0.6) is 0 Å². The maximum atomic E-state index is 12.3. The number of carbonyl (C=O) groups is 1. The second-order valence-corrected chi connectivity index (χ2v) is 5.11. The molecule has 0 bridgehead atoms. The molecule has 0 aliphatic rings. The van der Waals surface area contributed by atoms with Gasteiger partial charge in [-0.25, -0.2) is 4.98 Å². The smallest absolute Gasteiger partial charge is 0.261 e. The molecule has 0 unspecified atom stereocenters. The average molecular weight is 281 g/mol. The topological polar surface area (TPSA) is 67.8 Å². The van der Waals surface area contributed by atoms with E-state index in [2.05, 4.69) is 9.97 Å². The third-order valence-corrected chi connectivity index (χ3v) is 3.50. The van der Waals surface area contributed by atoms with Crippen LogP contribution in [-0.4, -0.2) is 20.3 Å². The van der Waals surface area contributed by atoms with Crippen molar-refractivity contribution in [3.05, 3.63) is 64.0 Å². The van der Waals surface area contributed by atoms with Gasteiger partial charge in [-0.2, -0.15) is 0 Å². The fourth-order valence-electron chi connectivity index (χ4n) is 2.47. The van der Waals surface area contributed by atoms with Crippen LogP contribution in [0.2, 0.25) is 0 Å². The second-order valence-electron chi connectivity index (χ2n) is 5.11. The number of hydrogen-bond acceptors (Lipinski definition) is 3. The Morgan fingerprint density at radius 2 is 2.05 bits per heavy atom. The number of benzene rings is 1. The average Bonchev–Trinajstić information content (AvgIpc) is 2.81. The summed E-state index contributed by atoms with van der Waals surface area (Å²) in [5, 5.41) is 0.523. The first kappa shape index (κ1) is 13.3. The van der Waals surface area contributed by atoms with E-state index >= 15 is 0 Å². The number of aryl methyl sites for hydroxylation is 2. The highest BCUT2D eigenvalue weighted by atomic mass is 16.1. The van der Waals surface area contributed by atoms with Crippen LogP contribution in [0.1, 0.15) is 21.7 Å². The van der Waals surface area contributed by atoms with Gasteiger partial charge in [0.1, 0.15) is 0 Å². The molecule has 0 spiro atoms. The van der Waals surface area contributed by atoms with E-state index in [1.807, 2.05) is 19.9 Å². The highest BCUT2D eigenvalue weighted by Crippen LogP contribution is 2.11. The number of H-pyrrole nitrogens is 1. The van der Waals surface area contributed by atoms with E-state index in [0.717, 1.165) is 11.4 Å². The van der Waals surface area contributed by atoms with Crippen molar-refractivity contribution >= 4 is 16.7 Å². The second kappa shape index (κ2) is 5.01. The number of rotatable bonds is 3. The van der Waals surface area contributed by atoms with Gasteiger partial charge in [0.25, 0.3) is 5.56 Å². The van der Waals surface area contributed by atoms with Crippen LogP contribution in [0.3, 0.4) is 0 Å². The van der Waals surface area contributed by atoms with E-state index < -0.39 is 0 Å². The molecule has 21 heavy (non-hydrogen) atoms. The zero-order chi connectivity index (χ0) is 15.0. The SMILES string of the molecule is Cc1cc(C(=O)Cn2cnc3ccccc3c2=O)c(C)[nH]1. The Bertz CT molecular complexity index is 890. The molecule has 106 valence electrons. The van der Waals surface area contributed by atoms with Gasteiger partial charge in [-0.15, -0.1) is 0 Å². The summed E-state index contributed by atoms with van der Waals surface area (Å²) in [5.74, 6) is -0.101. The number of ketones is 1. The quantitative estimate of drug-likeness (QED) is 0.748. The number of fused-ring (bicyclic) bond motifs is 1. The molecule has 0 atom stereocenters. The Hall–Kier alpha value is -2.69. The van der Waals surface area contributed by atoms with E-state index in [0.29, 0.717) is 16.5 Å². The van der Waals surface area contributed by atoms with Gasteiger partial charge in [-0.3, -0.25) is 14.2 Å². The molecule has 0 amide bonds. The normalized spacial score (nSPS) is 11.0. The molecule has 1 N–H and O–H groups in total. The van der Waals surface area contributed by atoms with Crippen LogP contribution in [0.4, 0.5) is 0 Å². The largest absolute Gasteiger partial charge is 0.362 e. The van der Waals surface area contributed by atoms with Gasteiger partial charge in [0, 0.05) is 17.0 Å². The molecule has 3 aromatic rings. The minimum Gasteiger partial charge on any atom is -0.362 e. The van der Waals surface area contributed by atoms with E-state index in [4.69, 9.17) is 0 Å². The zero-order valence-electron chi connectivity index (χ0n) is 11.9. The Balaban J connectivity index is 1.99. The van der Waals surface area contributed by atoms with Crippen molar-refractivity contribution in [3.63, 3.8) is 0 Å². The van der Waals surface area contributed by atoms with Crippen LogP contribution in [-0.2, 0) is 6.54 Å². The molecule has 1 aromatic carbocycles. The lowest BCUT2D eigenvalue weighted by atomic mass is 10.1. The highest BCUT2D eigenvalue weighted by Gasteiger charge is 2.13. The van der Waals surface area contributed by atoms with Crippen LogP contribution in [0.25, 0.3) is 10.9 Å². The third-order valence-electron chi connectivity index (χ3n) is 3.50. The van der Waals surface area contributed by atoms with E-state index in [-0.39, 0.29) is 17.9 Å². The summed E-state index contributed by atoms with van der Waals surface area (Å²) < 4.78 is 1.35. The third kappa shape index (κ3) is 2.38. The molecule has 3 rings (SSSR count). The molecular weight excluding hydrogens is 266 g/mol. The summed E-state index contributed by atoms with van der Waals surface area (Å²) in [6.45, 7) is 3.74. The molecule has 5 heteroatoms. The van der Waals surface area contributed by atoms with Gasteiger partial charge < -0.3 is 4.98 Å². The van der Waals surface area contributed by atoms with Crippen LogP contribution in [0.15, 0.2) is 41.5 Å². The Labute approximate surface area is 121 Å². The summed E-state index contributed by atoms with van der Waals surface area (Å²) in [4.78, 5) is 32.0. The number of nitrogens with one attached hydrogen (secondary N) is 1. The summed E-state index contributed by atoms with van der Waals surface area (Å²) in [7, 11) is 0. The van der Waals surface area contributed by atoms with Gasteiger partial charge in [-0.05, 0) is 32.0 Å². The number of para-hydroxylation sites is 1. The Morgan fingerprint density at radius 1 is 1.29 bits per heavy atom. The Kier molecular flexibility index (Phi) is 3.17. The first-order chi connectivity index (χ1) is 10.1. The summed E-state index contributed by atoms with van der Waals surface area (Å²) in [5.41, 5.74) is 2.81. The predicted octanol–water partition coefficient (Wildman–Crippen LogP) is 2.22. The van der Waals surface area contributed by atoms with Crippen molar-refractivity contribution in [3.8, 4) is 0 Å². The molecule has 2 aromatic heterocycles. The number of carbonyl (C=O) groups excluding carboxylic acids is 1. The number of aromatic amines is 1. The molecule has 0 radical (unpaired) electrons. The van der Waals surface area contributed by atoms with Crippen molar-refractivity contribution in [1.29, 1.82) is 0 Å². The molecule has 0 fully saturated rings. The van der Waals surface area contributed by atoms with Crippen molar-refractivity contribution in [2.45, 2.75) is 20.4 Å². The van der Waals surface area contributed by atoms with Crippen LogP contribution >= 0.6 is 0 Å². The van der Waals surface area contributed by atoms with Crippen molar-refractivity contribution < 1.29 is 4.79 Å². The molecule has 0 aliphatic heterocycles. The van der Waals surface area contributed by atoms with Gasteiger partial charge in [0.05, 0.1) is 23.8 Å². The fraction of sp³-hybridized carbons (Fsp3) is 0.188. The lowest BCUT2D eigenvalue weighted by Gasteiger charge is -2.05. The summed E-state index contributed by atoms with van der Waals surface area (Å²) in [6.07, 6.45) is 1.43. The van der Waals surface area contributed by atoms with Gasteiger partial charge in [-0.1, -0.05) is 12.1 Å². The predicted molar refractivity (Wildman–Crippen MR) is 80.6 cm³/mol. The monoisotopic (exact) mass is 281 g/mol. The van der Waals surface area contributed by atoms with Gasteiger partial charge in [0.15, 0.2) is 5.78 Å². The van der Waals surface area contributed by atoms with E-state index in [1.165, 1.54) is 10.9 Å². The highest BCUT2D eigenvalue weighted by molar-refractivity contribution is 5.97. The van der Waals surface area contributed by atoms with Gasteiger partial charge in [0.2, 0.25) is 0 Å². The standard InChI is InChI=1S/C16H15N3O2/c1-10-7-13(11(2)18-10)15(20)8-19-9-17-14-6-4-3-5-12(14)16(19)21/h3-7,9,18H,8H2,1-2H3. The summed E-state index contributed by atoms with van der Waals surface area (Å²) >= 11 is 0.